The van der Waals surface area contributed by atoms with Crippen LogP contribution in [-0.2, 0) is 4.74 Å². The first-order valence-electron chi connectivity index (χ1n) is 6.76. The maximum atomic E-state index is 13.4. The van der Waals surface area contributed by atoms with Gasteiger partial charge in [0.15, 0.2) is 5.78 Å². The number of halogens is 2. The molecule has 2 rings (SSSR count). The van der Waals surface area contributed by atoms with Crippen LogP contribution in [0.1, 0.15) is 48.9 Å². The minimum Gasteiger partial charge on any atom is -0.370 e. The number of rotatable bonds is 4. The highest BCUT2D eigenvalue weighted by Crippen LogP contribution is 2.20. The first-order valence-corrected chi connectivity index (χ1v) is 6.76. The van der Waals surface area contributed by atoms with Crippen LogP contribution in [0, 0.1) is 11.6 Å². The number of hydrogen-bond donors (Lipinski definition) is 0. The molecule has 1 aliphatic carbocycles. The lowest BCUT2D eigenvalue weighted by Gasteiger charge is -2.14. The maximum absolute atomic E-state index is 13.4. The molecule has 104 valence electrons. The second-order valence-corrected chi connectivity index (χ2v) is 4.97. The summed E-state index contributed by atoms with van der Waals surface area (Å²) in [6.07, 6.45) is 6.57. The van der Waals surface area contributed by atoms with Crippen LogP contribution < -0.4 is 0 Å². The summed E-state index contributed by atoms with van der Waals surface area (Å²) in [6.45, 7) is -0.176. The van der Waals surface area contributed by atoms with Crippen molar-refractivity contribution in [3.8, 4) is 0 Å². The number of benzene rings is 1. The zero-order valence-electron chi connectivity index (χ0n) is 10.8. The van der Waals surface area contributed by atoms with Gasteiger partial charge in [0.2, 0.25) is 0 Å². The summed E-state index contributed by atoms with van der Waals surface area (Å²) in [7, 11) is 0. The van der Waals surface area contributed by atoms with Crippen molar-refractivity contribution in [2.24, 2.45) is 0 Å². The van der Waals surface area contributed by atoms with Crippen molar-refractivity contribution < 1.29 is 18.3 Å². The Kier molecular flexibility index (Phi) is 5.02. The SMILES string of the molecule is O=C(COC1CCCCCC1)c1cc(F)ccc1F. The maximum Gasteiger partial charge on any atom is 0.191 e. The Morgan fingerprint density at radius 3 is 2.53 bits per heavy atom. The summed E-state index contributed by atoms with van der Waals surface area (Å²) in [4.78, 5) is 11.8. The highest BCUT2D eigenvalue weighted by atomic mass is 19.1. The predicted molar refractivity (Wildman–Crippen MR) is 68.1 cm³/mol. The van der Waals surface area contributed by atoms with Gasteiger partial charge in [0.1, 0.15) is 18.2 Å². The molecule has 0 aliphatic heterocycles. The van der Waals surface area contributed by atoms with Crippen LogP contribution >= 0.6 is 0 Å². The molecule has 1 aliphatic rings. The minimum atomic E-state index is -0.698. The number of Topliss-reactive ketones (excluding diaryl/α,β-unsaturated/α-hetero) is 1. The molecule has 0 aromatic heterocycles. The molecule has 0 N–H and O–H groups in total. The zero-order valence-corrected chi connectivity index (χ0v) is 10.8. The minimum absolute atomic E-state index is 0.0723. The number of ether oxygens (including phenoxy) is 1. The van der Waals surface area contributed by atoms with Gasteiger partial charge in [0.25, 0.3) is 0 Å². The third kappa shape index (κ3) is 4.10. The lowest BCUT2D eigenvalue weighted by Crippen LogP contribution is -2.19. The zero-order chi connectivity index (χ0) is 13.7. The fourth-order valence-corrected chi connectivity index (χ4v) is 2.39. The lowest BCUT2D eigenvalue weighted by atomic mass is 10.1. The van der Waals surface area contributed by atoms with E-state index in [1.165, 1.54) is 12.8 Å². The molecule has 0 unspecified atom stereocenters. The average Bonchev–Trinajstić information content (AvgIpc) is 2.67. The van der Waals surface area contributed by atoms with E-state index in [4.69, 9.17) is 4.74 Å². The van der Waals surface area contributed by atoms with E-state index in [0.717, 1.165) is 43.9 Å². The molecule has 0 spiro atoms. The summed E-state index contributed by atoms with van der Waals surface area (Å²) in [5, 5.41) is 0. The van der Waals surface area contributed by atoms with E-state index in [2.05, 4.69) is 0 Å². The standard InChI is InChI=1S/C15H18F2O2/c16-11-7-8-14(17)13(9-11)15(18)10-19-12-5-3-1-2-4-6-12/h7-9,12H,1-6,10H2. The lowest BCUT2D eigenvalue weighted by molar-refractivity contribution is 0.0386. The Hall–Kier alpha value is -1.29. The van der Waals surface area contributed by atoms with Gasteiger partial charge in [-0.1, -0.05) is 25.7 Å². The van der Waals surface area contributed by atoms with Gasteiger partial charge in [-0.3, -0.25) is 4.79 Å². The Bertz CT molecular complexity index is 438. The fraction of sp³-hybridized carbons (Fsp3) is 0.533. The van der Waals surface area contributed by atoms with Crippen LogP contribution in [0.4, 0.5) is 8.78 Å². The van der Waals surface area contributed by atoms with E-state index >= 15 is 0 Å². The van der Waals surface area contributed by atoms with Crippen molar-refractivity contribution in [3.63, 3.8) is 0 Å². The number of hydrogen-bond acceptors (Lipinski definition) is 2. The van der Waals surface area contributed by atoms with Gasteiger partial charge >= 0.3 is 0 Å². The second-order valence-electron chi connectivity index (χ2n) is 4.97. The van der Waals surface area contributed by atoms with Crippen LogP contribution in [0.2, 0.25) is 0 Å². The van der Waals surface area contributed by atoms with Crippen LogP contribution in [0.15, 0.2) is 18.2 Å². The fourth-order valence-electron chi connectivity index (χ4n) is 2.39. The molecule has 0 amide bonds. The summed E-state index contributed by atoms with van der Waals surface area (Å²) in [6, 6.07) is 2.89. The van der Waals surface area contributed by atoms with Crippen LogP contribution in [0.3, 0.4) is 0 Å². The van der Waals surface area contributed by atoms with E-state index in [1.54, 1.807) is 0 Å². The molecular weight excluding hydrogens is 250 g/mol. The van der Waals surface area contributed by atoms with Gasteiger partial charge in [-0.25, -0.2) is 8.78 Å². The molecule has 0 saturated heterocycles. The monoisotopic (exact) mass is 268 g/mol. The molecule has 0 atom stereocenters. The van der Waals surface area contributed by atoms with Crippen molar-refractivity contribution in [1.29, 1.82) is 0 Å². The van der Waals surface area contributed by atoms with Gasteiger partial charge in [-0.2, -0.15) is 0 Å². The molecule has 0 heterocycles. The quantitative estimate of drug-likeness (QED) is 0.611. The van der Waals surface area contributed by atoms with Gasteiger partial charge in [0, 0.05) is 0 Å². The molecule has 19 heavy (non-hydrogen) atoms. The predicted octanol–water partition coefficient (Wildman–Crippen LogP) is 3.89. The van der Waals surface area contributed by atoms with Crippen LogP contribution in [-0.4, -0.2) is 18.5 Å². The first-order chi connectivity index (χ1) is 9.16. The smallest absolute Gasteiger partial charge is 0.191 e. The molecule has 0 radical (unpaired) electrons. The molecule has 1 fully saturated rings. The molecule has 1 aromatic carbocycles. The highest BCUT2D eigenvalue weighted by molar-refractivity contribution is 5.97. The summed E-state index contributed by atoms with van der Waals surface area (Å²) in [5.74, 6) is -1.81. The highest BCUT2D eigenvalue weighted by Gasteiger charge is 2.17. The van der Waals surface area contributed by atoms with Crippen molar-refractivity contribution in [2.75, 3.05) is 6.61 Å². The summed E-state index contributed by atoms with van der Waals surface area (Å²) in [5.41, 5.74) is -0.228. The normalized spacial score (nSPS) is 17.2. The van der Waals surface area contributed by atoms with Crippen molar-refractivity contribution in [1.82, 2.24) is 0 Å². The molecule has 1 saturated carbocycles. The topological polar surface area (TPSA) is 26.3 Å². The van der Waals surface area contributed by atoms with Gasteiger partial charge in [0.05, 0.1) is 11.7 Å². The van der Waals surface area contributed by atoms with E-state index in [9.17, 15) is 13.6 Å². The largest absolute Gasteiger partial charge is 0.370 e. The Morgan fingerprint density at radius 2 is 1.84 bits per heavy atom. The Labute approximate surface area is 111 Å². The van der Waals surface area contributed by atoms with E-state index in [-0.39, 0.29) is 18.3 Å². The van der Waals surface area contributed by atoms with E-state index in [1.807, 2.05) is 0 Å². The van der Waals surface area contributed by atoms with Gasteiger partial charge in [-0.15, -0.1) is 0 Å². The van der Waals surface area contributed by atoms with Crippen molar-refractivity contribution >= 4 is 5.78 Å². The van der Waals surface area contributed by atoms with Gasteiger partial charge < -0.3 is 4.74 Å². The van der Waals surface area contributed by atoms with Crippen molar-refractivity contribution in [3.05, 3.63) is 35.4 Å². The van der Waals surface area contributed by atoms with Crippen molar-refractivity contribution in [2.45, 2.75) is 44.6 Å². The second kappa shape index (κ2) is 6.75. The molecule has 1 aromatic rings. The number of ketones is 1. The van der Waals surface area contributed by atoms with E-state index in [0.29, 0.717) is 0 Å². The van der Waals surface area contributed by atoms with Gasteiger partial charge in [-0.05, 0) is 31.0 Å². The van der Waals surface area contributed by atoms with E-state index < -0.39 is 17.4 Å². The Balaban J connectivity index is 1.91. The third-order valence-corrected chi connectivity index (χ3v) is 3.48. The van der Waals surface area contributed by atoms with Crippen LogP contribution in [0.25, 0.3) is 0 Å². The first kappa shape index (κ1) is 14.1. The number of carbonyl (C=O) groups excluding carboxylic acids is 1. The third-order valence-electron chi connectivity index (χ3n) is 3.48. The summed E-state index contributed by atoms with van der Waals surface area (Å²) < 4.78 is 31.9. The number of carbonyl (C=O) groups is 1. The average molecular weight is 268 g/mol. The molecular formula is C15H18F2O2. The molecule has 2 nitrogen and oxygen atoms in total. The molecule has 4 heteroatoms. The molecule has 0 bridgehead atoms. The van der Waals surface area contributed by atoms with Crippen LogP contribution in [0.5, 0.6) is 0 Å². The Morgan fingerprint density at radius 1 is 1.16 bits per heavy atom. The summed E-state index contributed by atoms with van der Waals surface area (Å²) >= 11 is 0.